The van der Waals surface area contributed by atoms with Gasteiger partial charge in [-0.05, 0) is 66.8 Å². The number of para-hydroxylation sites is 1. The molecule has 1 fully saturated rings. The van der Waals surface area contributed by atoms with Crippen molar-refractivity contribution in [1.82, 2.24) is 10.4 Å². The number of anilines is 2. The average Bonchev–Trinajstić information content (AvgIpc) is 3.05. The third-order valence-corrected chi connectivity index (χ3v) is 5.84. The minimum absolute atomic E-state index is 0.0141. The Kier molecular flexibility index (Phi) is 7.04. The molecule has 0 aliphatic carbocycles. The van der Waals surface area contributed by atoms with Crippen molar-refractivity contribution in [3.05, 3.63) is 95.0 Å². The van der Waals surface area contributed by atoms with Gasteiger partial charge in [-0.3, -0.25) is 24.7 Å². The Morgan fingerprint density at radius 1 is 0.971 bits per heavy atom. The van der Waals surface area contributed by atoms with E-state index in [1.54, 1.807) is 24.3 Å². The third kappa shape index (κ3) is 5.28. The number of benzene rings is 3. The van der Waals surface area contributed by atoms with Crippen molar-refractivity contribution in [2.75, 3.05) is 10.2 Å². The fraction of sp³-hybridized carbons (Fsp3) is 0.0833. The Labute approximate surface area is 209 Å². The number of rotatable bonds is 6. The molecule has 1 saturated heterocycles. The van der Waals surface area contributed by atoms with E-state index in [1.165, 1.54) is 30.3 Å². The number of carbonyl (C=O) groups is 3. The van der Waals surface area contributed by atoms with Gasteiger partial charge in [-0.2, -0.15) is 0 Å². The van der Waals surface area contributed by atoms with Crippen LogP contribution in [0, 0.1) is 11.6 Å². The maximum atomic E-state index is 13.6. The van der Waals surface area contributed by atoms with Crippen LogP contribution in [0.1, 0.15) is 16.8 Å². The van der Waals surface area contributed by atoms with Gasteiger partial charge in [0.25, 0.3) is 11.8 Å². The quantitative estimate of drug-likeness (QED) is 0.480. The highest BCUT2D eigenvalue weighted by atomic mass is 35.5. The van der Waals surface area contributed by atoms with Gasteiger partial charge >= 0.3 is 0 Å². The molecule has 1 aliphatic heterocycles. The number of carbonyl (C=O) groups excluding carboxylic acids is 3. The maximum Gasteiger partial charge on any atom is 0.269 e. The van der Waals surface area contributed by atoms with E-state index in [0.717, 1.165) is 28.1 Å². The van der Waals surface area contributed by atoms with E-state index in [9.17, 15) is 23.2 Å². The van der Waals surface area contributed by atoms with Crippen molar-refractivity contribution in [2.24, 2.45) is 0 Å². The summed E-state index contributed by atoms with van der Waals surface area (Å²) in [6, 6.07) is 15.3. The van der Waals surface area contributed by atoms with Gasteiger partial charge in [0, 0.05) is 5.56 Å². The average molecular weight is 515 g/mol. The number of hydrazine groups is 1. The zero-order valence-electron chi connectivity index (χ0n) is 17.9. The molecule has 3 amide bonds. The Morgan fingerprint density at radius 3 is 2.37 bits per heavy atom. The Bertz CT molecular complexity index is 1320. The number of hydrogen-bond acceptors (Lipinski definition) is 4. The van der Waals surface area contributed by atoms with Gasteiger partial charge in [0.1, 0.15) is 17.7 Å². The van der Waals surface area contributed by atoms with E-state index < -0.39 is 41.8 Å². The molecule has 0 bridgehead atoms. The number of thiocarbonyl (C=S) groups is 1. The largest absolute Gasteiger partial charge is 0.325 e. The lowest BCUT2D eigenvalue weighted by molar-refractivity contribution is -0.124. The Morgan fingerprint density at radius 2 is 1.69 bits per heavy atom. The van der Waals surface area contributed by atoms with Crippen molar-refractivity contribution in [3.8, 4) is 0 Å². The van der Waals surface area contributed by atoms with Gasteiger partial charge in [0.05, 0.1) is 22.8 Å². The summed E-state index contributed by atoms with van der Waals surface area (Å²) >= 11 is 11.5. The standard InChI is InChI=1S/C24H17ClF2N4O3S/c25-18-6-1-2-7-19(18)28-21(32)13-20-23(34)30(17-10-8-15(26)9-11-17)24(35)31(20)29-22(33)14-4-3-5-16(27)12-14/h1-12,20H,13H2,(H,28,32)(H,29,33). The van der Waals surface area contributed by atoms with E-state index in [1.807, 2.05) is 0 Å². The van der Waals surface area contributed by atoms with Crippen molar-refractivity contribution in [1.29, 1.82) is 0 Å². The van der Waals surface area contributed by atoms with Crippen LogP contribution < -0.4 is 15.6 Å². The lowest BCUT2D eigenvalue weighted by Gasteiger charge is -2.24. The topological polar surface area (TPSA) is 81.8 Å². The summed E-state index contributed by atoms with van der Waals surface area (Å²) in [5.74, 6) is -3.06. The number of nitrogens with one attached hydrogen (secondary N) is 2. The first kappa shape index (κ1) is 24.2. The van der Waals surface area contributed by atoms with Gasteiger partial charge in [-0.25, -0.2) is 13.8 Å². The molecule has 1 aliphatic rings. The first-order valence-corrected chi connectivity index (χ1v) is 11.1. The minimum atomic E-state index is -1.23. The molecule has 35 heavy (non-hydrogen) atoms. The highest BCUT2D eigenvalue weighted by Crippen LogP contribution is 2.27. The number of halogens is 3. The van der Waals surface area contributed by atoms with E-state index in [4.69, 9.17) is 23.8 Å². The third-order valence-electron chi connectivity index (χ3n) is 5.13. The second-order valence-corrected chi connectivity index (χ2v) is 8.27. The Balaban J connectivity index is 1.61. The van der Waals surface area contributed by atoms with Crippen LogP contribution in [0.25, 0.3) is 0 Å². The molecule has 0 saturated carbocycles. The molecule has 0 radical (unpaired) electrons. The smallest absolute Gasteiger partial charge is 0.269 e. The van der Waals surface area contributed by atoms with Crippen LogP contribution >= 0.6 is 23.8 Å². The fourth-order valence-electron chi connectivity index (χ4n) is 3.47. The molecule has 2 N–H and O–H groups in total. The van der Waals surface area contributed by atoms with Crippen molar-refractivity contribution in [2.45, 2.75) is 12.5 Å². The number of nitrogens with zero attached hydrogens (tertiary/aromatic N) is 2. The lowest BCUT2D eigenvalue weighted by atomic mass is 10.1. The highest BCUT2D eigenvalue weighted by Gasteiger charge is 2.45. The fourth-order valence-corrected chi connectivity index (χ4v) is 4.02. The molecule has 0 spiro atoms. The highest BCUT2D eigenvalue weighted by molar-refractivity contribution is 7.80. The molecular weight excluding hydrogens is 498 g/mol. The van der Waals surface area contributed by atoms with Gasteiger partial charge in [-0.1, -0.05) is 29.8 Å². The summed E-state index contributed by atoms with van der Waals surface area (Å²) in [4.78, 5) is 40.0. The van der Waals surface area contributed by atoms with Gasteiger partial charge in [-0.15, -0.1) is 0 Å². The van der Waals surface area contributed by atoms with Crippen LogP contribution in [-0.2, 0) is 9.59 Å². The van der Waals surface area contributed by atoms with Gasteiger partial charge < -0.3 is 5.32 Å². The summed E-state index contributed by atoms with van der Waals surface area (Å²) in [7, 11) is 0. The molecule has 1 heterocycles. The summed E-state index contributed by atoms with van der Waals surface area (Å²) in [5, 5.41) is 3.86. The minimum Gasteiger partial charge on any atom is -0.325 e. The monoisotopic (exact) mass is 514 g/mol. The predicted molar refractivity (Wildman–Crippen MR) is 131 cm³/mol. The van der Waals surface area contributed by atoms with Crippen LogP contribution in [0.2, 0.25) is 5.02 Å². The molecule has 3 aromatic carbocycles. The van der Waals surface area contributed by atoms with E-state index in [2.05, 4.69) is 10.7 Å². The Hall–Kier alpha value is -3.89. The van der Waals surface area contributed by atoms with Crippen molar-refractivity contribution < 1.29 is 23.2 Å². The van der Waals surface area contributed by atoms with Gasteiger partial charge in [0.15, 0.2) is 0 Å². The first-order valence-electron chi connectivity index (χ1n) is 10.3. The number of hydrogen-bond donors (Lipinski definition) is 2. The molecule has 1 atom stereocenters. The van der Waals surface area contributed by atoms with E-state index in [-0.39, 0.29) is 16.4 Å². The van der Waals surface area contributed by atoms with Gasteiger partial charge in [0.2, 0.25) is 11.0 Å². The van der Waals surface area contributed by atoms with E-state index >= 15 is 0 Å². The SMILES string of the molecule is O=C(CC1C(=O)N(c2ccc(F)cc2)C(=S)N1NC(=O)c1cccc(F)c1)Nc1ccccc1Cl. The van der Waals surface area contributed by atoms with Crippen LogP contribution in [0.15, 0.2) is 72.8 Å². The summed E-state index contributed by atoms with van der Waals surface area (Å²) in [5.41, 5.74) is 3.07. The summed E-state index contributed by atoms with van der Waals surface area (Å²) in [6.07, 6.45) is -0.397. The molecule has 1 unspecified atom stereocenters. The zero-order valence-corrected chi connectivity index (χ0v) is 19.4. The van der Waals surface area contributed by atoms with Crippen LogP contribution in [0.4, 0.5) is 20.2 Å². The molecule has 7 nitrogen and oxygen atoms in total. The van der Waals surface area contributed by atoms with Crippen LogP contribution in [0.5, 0.6) is 0 Å². The second kappa shape index (κ2) is 10.2. The number of amides is 3. The molecular formula is C24H17ClF2N4O3S. The van der Waals surface area contributed by atoms with E-state index in [0.29, 0.717) is 10.7 Å². The summed E-state index contributed by atoms with van der Waals surface area (Å²) < 4.78 is 27.0. The maximum absolute atomic E-state index is 13.6. The molecule has 3 aromatic rings. The molecule has 0 aromatic heterocycles. The second-order valence-electron chi connectivity index (χ2n) is 7.50. The summed E-state index contributed by atoms with van der Waals surface area (Å²) in [6.45, 7) is 0. The van der Waals surface area contributed by atoms with Crippen LogP contribution in [-0.4, -0.2) is 33.9 Å². The zero-order chi connectivity index (χ0) is 25.1. The first-order chi connectivity index (χ1) is 16.7. The lowest BCUT2D eigenvalue weighted by Crippen LogP contribution is -2.49. The molecule has 4 rings (SSSR count). The molecule has 178 valence electrons. The van der Waals surface area contributed by atoms with Crippen molar-refractivity contribution in [3.63, 3.8) is 0 Å². The predicted octanol–water partition coefficient (Wildman–Crippen LogP) is 4.29. The molecule has 11 heteroatoms. The normalized spacial score (nSPS) is 15.3. The van der Waals surface area contributed by atoms with Crippen molar-refractivity contribution >= 4 is 58.0 Å². The van der Waals surface area contributed by atoms with Crippen LogP contribution in [0.3, 0.4) is 0 Å².